The Balaban J connectivity index is 2.97. The van der Waals surface area contributed by atoms with Crippen molar-refractivity contribution in [3.8, 4) is 0 Å². The Labute approximate surface area is 76.1 Å². The van der Waals surface area contributed by atoms with Gasteiger partial charge in [-0.1, -0.05) is 0 Å². The van der Waals surface area contributed by atoms with Crippen LogP contribution in [-0.2, 0) is 0 Å². The molecule has 0 saturated carbocycles. The number of fused-ring (bicyclic) bond motifs is 1. The van der Waals surface area contributed by atoms with Gasteiger partial charge in [0.15, 0.2) is 5.65 Å². The zero-order valence-electron chi connectivity index (χ0n) is 6.31. The molecule has 0 atom stereocenters. The Morgan fingerprint density at radius 3 is 3.00 bits per heavy atom. The molecule has 2 rings (SSSR count). The summed E-state index contributed by atoms with van der Waals surface area (Å²) >= 11 is 3.31. The molecule has 62 valence electrons. The third kappa shape index (κ3) is 0.972. The highest BCUT2D eigenvalue weighted by Gasteiger charge is 2.04. The van der Waals surface area contributed by atoms with Gasteiger partial charge in [0.25, 0.3) is 5.56 Å². The Morgan fingerprint density at radius 2 is 2.25 bits per heavy atom. The molecule has 0 aliphatic heterocycles. The first-order chi connectivity index (χ1) is 5.68. The van der Waals surface area contributed by atoms with Crippen LogP contribution in [0.4, 0.5) is 0 Å². The van der Waals surface area contributed by atoms with Gasteiger partial charge >= 0.3 is 0 Å². The second-order valence-electron chi connectivity index (χ2n) is 2.53. The highest BCUT2D eigenvalue weighted by atomic mass is 79.9. The quantitative estimate of drug-likeness (QED) is 0.714. The van der Waals surface area contributed by atoms with E-state index in [4.69, 9.17) is 0 Å². The molecule has 0 aromatic carbocycles. The monoisotopic (exact) mass is 227 g/mol. The summed E-state index contributed by atoms with van der Waals surface area (Å²) < 4.78 is 0.847. The van der Waals surface area contributed by atoms with Crippen molar-refractivity contribution in [3.63, 3.8) is 0 Å². The maximum Gasteiger partial charge on any atom is 0.273 e. The molecule has 0 unspecified atom stereocenters. The molecule has 2 aromatic rings. The van der Waals surface area contributed by atoms with E-state index in [1.165, 1.54) is 0 Å². The maximum atomic E-state index is 11.1. The van der Waals surface area contributed by atoms with Crippen LogP contribution >= 0.6 is 15.9 Å². The maximum absolute atomic E-state index is 11.1. The van der Waals surface area contributed by atoms with Crippen LogP contribution in [0.2, 0.25) is 0 Å². The van der Waals surface area contributed by atoms with Gasteiger partial charge in [-0.25, -0.2) is 4.98 Å². The molecule has 2 N–H and O–H groups in total. The third-order valence-electron chi connectivity index (χ3n) is 1.69. The molecular weight excluding hydrogens is 222 g/mol. The average Bonchev–Trinajstić information content (AvgIpc) is 2.35. The first-order valence-corrected chi connectivity index (χ1v) is 4.21. The van der Waals surface area contributed by atoms with Gasteiger partial charge in [0, 0.05) is 4.47 Å². The predicted octanol–water partition coefficient (Wildman–Crippen LogP) is 1.32. The fraction of sp³-hybridized carbons (Fsp3) is 0.143. The molecular formula is C7H6BrN3O. The van der Waals surface area contributed by atoms with Crippen LogP contribution in [0.1, 0.15) is 5.69 Å². The van der Waals surface area contributed by atoms with Crippen molar-refractivity contribution in [1.29, 1.82) is 0 Å². The first kappa shape index (κ1) is 7.54. The molecule has 2 aromatic heterocycles. The summed E-state index contributed by atoms with van der Waals surface area (Å²) in [4.78, 5) is 15.3. The highest BCUT2D eigenvalue weighted by Crippen LogP contribution is 2.16. The SMILES string of the molecule is Cc1nc2[nH][nH]c(=O)c2cc1Br. The van der Waals surface area contributed by atoms with Crippen molar-refractivity contribution in [2.45, 2.75) is 6.92 Å². The summed E-state index contributed by atoms with van der Waals surface area (Å²) in [7, 11) is 0. The first-order valence-electron chi connectivity index (χ1n) is 3.42. The van der Waals surface area contributed by atoms with Crippen LogP contribution in [0.3, 0.4) is 0 Å². The Kier molecular flexibility index (Phi) is 1.54. The Hall–Kier alpha value is -1.10. The fourth-order valence-corrected chi connectivity index (χ4v) is 1.35. The van der Waals surface area contributed by atoms with E-state index in [2.05, 4.69) is 31.1 Å². The van der Waals surface area contributed by atoms with Gasteiger partial charge in [-0.3, -0.25) is 15.0 Å². The number of aromatic amines is 2. The van der Waals surface area contributed by atoms with Gasteiger partial charge in [-0.05, 0) is 28.9 Å². The normalized spacial score (nSPS) is 10.8. The van der Waals surface area contributed by atoms with Crippen molar-refractivity contribution in [1.82, 2.24) is 15.2 Å². The summed E-state index contributed by atoms with van der Waals surface area (Å²) in [6.07, 6.45) is 0. The van der Waals surface area contributed by atoms with Gasteiger partial charge in [-0.15, -0.1) is 0 Å². The number of halogens is 1. The molecule has 0 aliphatic rings. The van der Waals surface area contributed by atoms with E-state index < -0.39 is 0 Å². The van der Waals surface area contributed by atoms with Crippen LogP contribution < -0.4 is 5.56 Å². The van der Waals surface area contributed by atoms with E-state index >= 15 is 0 Å². The number of hydrogen-bond donors (Lipinski definition) is 2. The second-order valence-corrected chi connectivity index (χ2v) is 3.39. The van der Waals surface area contributed by atoms with E-state index in [9.17, 15) is 4.79 Å². The number of aromatic nitrogens is 3. The second kappa shape index (κ2) is 2.45. The number of nitrogens with one attached hydrogen (secondary N) is 2. The number of aryl methyl sites for hydroxylation is 1. The van der Waals surface area contributed by atoms with Crippen molar-refractivity contribution < 1.29 is 0 Å². The summed E-state index contributed by atoms with van der Waals surface area (Å²) in [6.45, 7) is 1.87. The molecule has 0 amide bonds. The van der Waals surface area contributed by atoms with Crippen molar-refractivity contribution in [3.05, 3.63) is 26.6 Å². The van der Waals surface area contributed by atoms with Crippen LogP contribution in [0, 0.1) is 6.92 Å². The number of pyridine rings is 1. The molecule has 0 saturated heterocycles. The zero-order valence-corrected chi connectivity index (χ0v) is 7.90. The molecule has 0 fully saturated rings. The number of hydrogen-bond acceptors (Lipinski definition) is 2. The van der Waals surface area contributed by atoms with Crippen LogP contribution in [0.25, 0.3) is 11.0 Å². The molecule has 0 bridgehead atoms. The number of nitrogens with zero attached hydrogens (tertiary/aromatic N) is 1. The van der Waals surface area contributed by atoms with Gasteiger partial charge in [-0.2, -0.15) is 0 Å². The van der Waals surface area contributed by atoms with Crippen molar-refractivity contribution >= 4 is 27.0 Å². The van der Waals surface area contributed by atoms with Crippen molar-refractivity contribution in [2.75, 3.05) is 0 Å². The zero-order chi connectivity index (χ0) is 8.72. The molecule has 0 spiro atoms. The number of H-pyrrole nitrogens is 2. The molecule has 4 nitrogen and oxygen atoms in total. The minimum absolute atomic E-state index is 0.141. The molecule has 0 aliphatic carbocycles. The predicted molar refractivity (Wildman–Crippen MR) is 49.2 cm³/mol. The number of rotatable bonds is 0. The van der Waals surface area contributed by atoms with E-state index in [0.29, 0.717) is 11.0 Å². The standard InChI is InChI=1S/C7H6BrN3O/c1-3-5(8)2-4-6(9-3)10-11-7(4)12/h2H,1H3,(H2,9,10,11,12). The van der Waals surface area contributed by atoms with Gasteiger partial charge in [0.2, 0.25) is 0 Å². The molecule has 0 radical (unpaired) electrons. The van der Waals surface area contributed by atoms with Gasteiger partial charge in [0.05, 0.1) is 11.1 Å². The summed E-state index contributed by atoms with van der Waals surface area (Å²) in [5, 5.41) is 5.73. The van der Waals surface area contributed by atoms with Crippen molar-refractivity contribution in [2.24, 2.45) is 0 Å². The van der Waals surface area contributed by atoms with Crippen LogP contribution in [-0.4, -0.2) is 15.2 Å². The Bertz CT molecular complexity index is 485. The topological polar surface area (TPSA) is 61.5 Å². The molecule has 5 heteroatoms. The molecule has 12 heavy (non-hydrogen) atoms. The fourth-order valence-electron chi connectivity index (χ4n) is 1.03. The van der Waals surface area contributed by atoms with Crippen LogP contribution in [0.15, 0.2) is 15.3 Å². The average molecular weight is 228 g/mol. The minimum Gasteiger partial charge on any atom is -0.281 e. The summed E-state index contributed by atoms with van der Waals surface area (Å²) in [5.74, 6) is 0. The van der Waals surface area contributed by atoms with E-state index in [1.54, 1.807) is 6.07 Å². The third-order valence-corrected chi connectivity index (χ3v) is 2.49. The Morgan fingerprint density at radius 1 is 1.50 bits per heavy atom. The molecule has 2 heterocycles. The van der Waals surface area contributed by atoms with Gasteiger partial charge in [0.1, 0.15) is 0 Å². The van der Waals surface area contributed by atoms with Gasteiger partial charge < -0.3 is 0 Å². The van der Waals surface area contributed by atoms with E-state index in [1.807, 2.05) is 6.92 Å². The lowest BCUT2D eigenvalue weighted by Crippen LogP contribution is -1.97. The largest absolute Gasteiger partial charge is 0.281 e. The summed E-state index contributed by atoms with van der Waals surface area (Å²) in [5.41, 5.74) is 1.32. The lowest BCUT2D eigenvalue weighted by Gasteiger charge is -1.94. The lowest BCUT2D eigenvalue weighted by atomic mass is 10.3. The van der Waals surface area contributed by atoms with E-state index in [-0.39, 0.29) is 5.56 Å². The lowest BCUT2D eigenvalue weighted by molar-refractivity contribution is 1.06. The van der Waals surface area contributed by atoms with E-state index in [0.717, 1.165) is 10.2 Å². The summed E-state index contributed by atoms with van der Waals surface area (Å²) in [6, 6.07) is 1.76. The minimum atomic E-state index is -0.141. The smallest absolute Gasteiger partial charge is 0.273 e. The van der Waals surface area contributed by atoms with Crippen LogP contribution in [0.5, 0.6) is 0 Å². The highest BCUT2D eigenvalue weighted by molar-refractivity contribution is 9.10.